The zero-order chi connectivity index (χ0) is 20.1. The first-order chi connectivity index (χ1) is 13.5. The Hall–Kier alpha value is -2.76. The zero-order valence-electron chi connectivity index (χ0n) is 16.4. The molecule has 2 radical (unpaired) electrons. The maximum atomic E-state index is 13.2. The van der Waals surface area contributed by atoms with E-state index >= 15 is 0 Å². The number of carbonyl (C=O) groups is 2. The summed E-state index contributed by atoms with van der Waals surface area (Å²) in [7, 11) is 5.95. The van der Waals surface area contributed by atoms with Crippen LogP contribution in [0.4, 0.5) is 10.5 Å². The van der Waals surface area contributed by atoms with E-state index in [1.54, 1.807) is 4.90 Å². The molecule has 0 saturated carbocycles. The molecule has 1 N–H and O–H groups in total. The summed E-state index contributed by atoms with van der Waals surface area (Å²) in [4.78, 5) is 26.9. The Kier molecular flexibility index (Phi) is 6.07. The van der Waals surface area contributed by atoms with Crippen molar-refractivity contribution in [3.63, 3.8) is 0 Å². The van der Waals surface area contributed by atoms with E-state index in [0.717, 1.165) is 29.7 Å². The normalized spacial score (nSPS) is 14.6. The molecule has 2 amide bonds. The second kappa shape index (κ2) is 8.51. The largest absolute Gasteiger partial charge is 0.445 e. The number of anilines is 1. The summed E-state index contributed by atoms with van der Waals surface area (Å²) in [5, 5.41) is 2.72. The lowest BCUT2D eigenvalue weighted by Gasteiger charge is -2.26. The van der Waals surface area contributed by atoms with Crippen LogP contribution in [0.1, 0.15) is 37.8 Å². The summed E-state index contributed by atoms with van der Waals surface area (Å²) >= 11 is 0. The summed E-state index contributed by atoms with van der Waals surface area (Å²) in [6.07, 6.45) is 0.950. The highest BCUT2D eigenvalue weighted by Gasteiger charge is 2.47. The first-order valence-electron chi connectivity index (χ1n) is 9.68. The number of rotatable bonds is 7. The van der Waals surface area contributed by atoms with Gasteiger partial charge in [0.25, 0.3) is 0 Å². The first-order valence-corrected chi connectivity index (χ1v) is 9.68. The number of nitrogens with zero attached hydrogens (tertiary/aromatic N) is 1. The van der Waals surface area contributed by atoms with E-state index < -0.39 is 11.5 Å². The second-order valence-corrected chi connectivity index (χ2v) is 7.01. The van der Waals surface area contributed by atoms with Crippen LogP contribution >= 0.6 is 0 Å². The predicted octanol–water partition coefficient (Wildman–Crippen LogP) is 2.81. The van der Waals surface area contributed by atoms with Gasteiger partial charge in [-0.3, -0.25) is 4.79 Å². The van der Waals surface area contributed by atoms with Crippen molar-refractivity contribution in [3.8, 4) is 0 Å². The lowest BCUT2D eigenvalue weighted by atomic mass is 9.76. The minimum Gasteiger partial charge on any atom is -0.445 e. The number of amides is 2. The molecule has 1 aliphatic heterocycles. The van der Waals surface area contributed by atoms with Gasteiger partial charge >= 0.3 is 6.09 Å². The van der Waals surface area contributed by atoms with Gasteiger partial charge in [-0.2, -0.15) is 0 Å². The van der Waals surface area contributed by atoms with Crippen LogP contribution in [0.5, 0.6) is 0 Å². The van der Waals surface area contributed by atoms with Crippen LogP contribution in [0, 0.1) is 0 Å². The standard InChI is InChI=1S/C22H25BN2O3/c1-3-22(4-2)18-11-10-17(23)14-19(18)25(20(22)26)13-12-24-21(27)28-15-16-8-6-5-7-9-16/h5-11,14H,3-4,12-13,15H2,1-2H3,(H,24,27). The summed E-state index contributed by atoms with van der Waals surface area (Å²) < 4.78 is 5.22. The van der Waals surface area contributed by atoms with Gasteiger partial charge in [0.15, 0.2) is 0 Å². The molecule has 144 valence electrons. The molecule has 2 aromatic carbocycles. The Morgan fingerprint density at radius 3 is 2.54 bits per heavy atom. The van der Waals surface area contributed by atoms with Crippen molar-refractivity contribution in [3.05, 3.63) is 59.7 Å². The van der Waals surface area contributed by atoms with Crippen LogP contribution in [-0.2, 0) is 21.6 Å². The molecule has 0 aliphatic carbocycles. The van der Waals surface area contributed by atoms with Crippen molar-refractivity contribution in [1.29, 1.82) is 0 Å². The molecule has 0 fully saturated rings. The molecule has 0 saturated heterocycles. The Balaban J connectivity index is 1.62. The minimum absolute atomic E-state index is 0.0672. The lowest BCUT2D eigenvalue weighted by molar-refractivity contribution is -0.123. The molecular formula is C22H25BN2O3. The number of fused-ring (bicyclic) bond motifs is 1. The molecule has 0 unspecified atom stereocenters. The molecule has 1 aliphatic rings. The third-order valence-corrected chi connectivity index (χ3v) is 5.51. The Bertz CT molecular complexity index is 850. The van der Waals surface area contributed by atoms with Gasteiger partial charge in [0.1, 0.15) is 14.5 Å². The molecule has 0 spiro atoms. The topological polar surface area (TPSA) is 58.6 Å². The average Bonchev–Trinajstić information content (AvgIpc) is 2.94. The van der Waals surface area contributed by atoms with Crippen LogP contribution < -0.4 is 15.7 Å². The predicted molar refractivity (Wildman–Crippen MR) is 111 cm³/mol. The van der Waals surface area contributed by atoms with Gasteiger partial charge in [0.05, 0.1) is 5.41 Å². The van der Waals surface area contributed by atoms with Crippen molar-refractivity contribution < 1.29 is 14.3 Å². The van der Waals surface area contributed by atoms with E-state index in [1.165, 1.54) is 0 Å². The molecule has 0 bridgehead atoms. The smallest absolute Gasteiger partial charge is 0.407 e. The first kappa shape index (κ1) is 20.0. The van der Waals surface area contributed by atoms with Crippen molar-refractivity contribution >= 4 is 31.0 Å². The Morgan fingerprint density at radius 1 is 1.14 bits per heavy atom. The van der Waals surface area contributed by atoms with Crippen LogP contribution in [0.2, 0.25) is 0 Å². The van der Waals surface area contributed by atoms with Crippen molar-refractivity contribution in [2.24, 2.45) is 0 Å². The van der Waals surface area contributed by atoms with Crippen LogP contribution in [-0.4, -0.2) is 32.9 Å². The lowest BCUT2D eigenvalue weighted by Crippen LogP contribution is -2.43. The van der Waals surface area contributed by atoms with Crippen molar-refractivity contribution in [2.75, 3.05) is 18.0 Å². The van der Waals surface area contributed by atoms with E-state index in [0.29, 0.717) is 18.6 Å². The molecule has 3 rings (SSSR count). The fourth-order valence-electron chi connectivity index (χ4n) is 3.86. The number of benzene rings is 2. The van der Waals surface area contributed by atoms with Gasteiger partial charge in [0.2, 0.25) is 5.91 Å². The molecule has 6 heteroatoms. The van der Waals surface area contributed by atoms with Crippen LogP contribution in [0.25, 0.3) is 0 Å². The third kappa shape index (κ3) is 3.77. The number of hydrogen-bond donors (Lipinski definition) is 1. The fraction of sp³-hybridized carbons (Fsp3) is 0.364. The van der Waals surface area contributed by atoms with Gasteiger partial charge in [-0.15, -0.1) is 0 Å². The van der Waals surface area contributed by atoms with E-state index in [9.17, 15) is 9.59 Å². The summed E-state index contributed by atoms with van der Waals surface area (Å²) in [6.45, 7) is 4.95. The summed E-state index contributed by atoms with van der Waals surface area (Å²) in [5.74, 6) is 0.0672. The van der Waals surface area contributed by atoms with Gasteiger partial charge in [0, 0.05) is 18.8 Å². The third-order valence-electron chi connectivity index (χ3n) is 5.51. The second-order valence-electron chi connectivity index (χ2n) is 7.01. The van der Waals surface area contributed by atoms with Gasteiger partial charge in [-0.25, -0.2) is 4.79 Å². The number of nitrogens with one attached hydrogen (secondary N) is 1. The molecule has 5 nitrogen and oxygen atoms in total. The SMILES string of the molecule is [B]c1ccc2c(c1)N(CCNC(=O)OCc1ccccc1)C(=O)C2(CC)CC. The molecule has 0 atom stereocenters. The molecule has 0 aromatic heterocycles. The van der Waals surface area contributed by atoms with Gasteiger partial charge in [-0.1, -0.05) is 61.8 Å². The van der Waals surface area contributed by atoms with Gasteiger partial charge in [-0.05, 0) is 30.0 Å². The van der Waals surface area contributed by atoms with E-state index in [-0.39, 0.29) is 12.5 Å². The van der Waals surface area contributed by atoms with E-state index in [1.807, 2.05) is 62.4 Å². The number of alkyl carbamates (subject to hydrolysis) is 1. The molecule has 28 heavy (non-hydrogen) atoms. The monoisotopic (exact) mass is 376 g/mol. The number of carbonyl (C=O) groups excluding carboxylic acids is 2. The van der Waals surface area contributed by atoms with Crippen molar-refractivity contribution in [1.82, 2.24) is 5.32 Å². The van der Waals surface area contributed by atoms with Crippen molar-refractivity contribution in [2.45, 2.75) is 38.7 Å². The minimum atomic E-state index is -0.517. The Labute approximate surface area is 167 Å². The van der Waals surface area contributed by atoms with Gasteiger partial charge < -0.3 is 15.0 Å². The molecule has 2 aromatic rings. The fourth-order valence-corrected chi connectivity index (χ4v) is 3.86. The van der Waals surface area contributed by atoms with Crippen LogP contribution in [0.15, 0.2) is 48.5 Å². The average molecular weight is 376 g/mol. The quantitative estimate of drug-likeness (QED) is 0.756. The summed E-state index contributed by atoms with van der Waals surface area (Å²) in [5.41, 5.74) is 2.88. The maximum absolute atomic E-state index is 13.2. The zero-order valence-corrected chi connectivity index (χ0v) is 16.4. The summed E-state index contributed by atoms with van der Waals surface area (Å²) in [6, 6.07) is 15.1. The highest BCUT2D eigenvalue weighted by atomic mass is 16.5. The maximum Gasteiger partial charge on any atom is 0.407 e. The number of hydrogen-bond acceptors (Lipinski definition) is 3. The van der Waals surface area contributed by atoms with Crippen LogP contribution in [0.3, 0.4) is 0 Å². The van der Waals surface area contributed by atoms with E-state index in [2.05, 4.69) is 5.32 Å². The molecular weight excluding hydrogens is 351 g/mol. The number of ether oxygens (including phenoxy) is 1. The highest BCUT2D eigenvalue weighted by Crippen LogP contribution is 2.45. The Morgan fingerprint density at radius 2 is 1.86 bits per heavy atom. The molecule has 1 heterocycles. The highest BCUT2D eigenvalue weighted by molar-refractivity contribution is 6.33. The van der Waals surface area contributed by atoms with E-state index in [4.69, 9.17) is 12.6 Å².